The second-order valence-corrected chi connectivity index (χ2v) is 12.7. The minimum absolute atomic E-state index is 0.0102. The van der Waals surface area contributed by atoms with Crippen LogP contribution in [-0.2, 0) is 26.0 Å². The highest BCUT2D eigenvalue weighted by Gasteiger charge is 2.35. The summed E-state index contributed by atoms with van der Waals surface area (Å²) in [6, 6.07) is 21.5. The molecule has 3 rings (SSSR count). The molecule has 0 heterocycles. The molecule has 226 valence electrons. The van der Waals surface area contributed by atoms with Gasteiger partial charge in [-0.05, 0) is 63.4 Å². The van der Waals surface area contributed by atoms with Crippen LogP contribution >= 0.6 is 0 Å². The summed E-state index contributed by atoms with van der Waals surface area (Å²) in [6.45, 7) is 7.10. The Morgan fingerprint density at radius 1 is 0.905 bits per heavy atom. The van der Waals surface area contributed by atoms with Crippen molar-refractivity contribution in [3.8, 4) is 11.5 Å². The molecule has 3 aromatic carbocycles. The summed E-state index contributed by atoms with van der Waals surface area (Å²) < 4.78 is 40.1. The van der Waals surface area contributed by atoms with Crippen molar-refractivity contribution in [3.05, 3.63) is 84.4 Å². The number of methoxy groups -OCH3 is 2. The molecule has 1 atom stereocenters. The molecule has 0 fully saturated rings. The van der Waals surface area contributed by atoms with E-state index in [0.29, 0.717) is 18.6 Å². The zero-order valence-corrected chi connectivity index (χ0v) is 26.0. The highest BCUT2D eigenvalue weighted by atomic mass is 32.2. The van der Waals surface area contributed by atoms with Crippen LogP contribution in [0, 0.1) is 0 Å². The first-order valence-corrected chi connectivity index (χ1v) is 15.3. The molecule has 2 amide bonds. The van der Waals surface area contributed by atoms with Crippen LogP contribution in [0.5, 0.6) is 11.5 Å². The first-order chi connectivity index (χ1) is 19.9. The molecule has 0 saturated heterocycles. The molecule has 0 aliphatic rings. The summed E-state index contributed by atoms with van der Waals surface area (Å²) in [4.78, 5) is 29.1. The van der Waals surface area contributed by atoms with Crippen molar-refractivity contribution in [1.82, 2.24) is 10.2 Å². The quantitative estimate of drug-likeness (QED) is 0.308. The monoisotopic (exact) mass is 595 g/mol. The van der Waals surface area contributed by atoms with Gasteiger partial charge in [-0.15, -0.1) is 0 Å². The highest BCUT2D eigenvalue weighted by Crippen LogP contribution is 2.36. The molecule has 9 nitrogen and oxygen atoms in total. The highest BCUT2D eigenvalue weighted by molar-refractivity contribution is 7.92. The van der Waals surface area contributed by atoms with Crippen molar-refractivity contribution in [3.63, 3.8) is 0 Å². The SMILES string of the molecule is CC[C@H](C(=O)NC(C)(C)C)N(CCc1ccccc1)C(=O)CN(c1cc(OC)ccc1OC)S(=O)(=O)c1ccccc1. The van der Waals surface area contributed by atoms with Crippen molar-refractivity contribution in [2.45, 2.75) is 57.0 Å². The number of rotatable bonds is 13. The second kappa shape index (κ2) is 14.2. The lowest BCUT2D eigenvalue weighted by atomic mass is 10.1. The van der Waals surface area contributed by atoms with Crippen molar-refractivity contribution in [2.75, 3.05) is 31.6 Å². The number of hydrogen-bond acceptors (Lipinski definition) is 6. The van der Waals surface area contributed by atoms with Gasteiger partial charge < -0.3 is 19.7 Å². The van der Waals surface area contributed by atoms with Gasteiger partial charge in [0.05, 0.1) is 24.8 Å². The van der Waals surface area contributed by atoms with Crippen LogP contribution in [0.15, 0.2) is 83.8 Å². The molecular weight excluding hydrogens is 554 g/mol. The van der Waals surface area contributed by atoms with Gasteiger partial charge in [-0.3, -0.25) is 13.9 Å². The average Bonchev–Trinajstić information content (AvgIpc) is 2.97. The average molecular weight is 596 g/mol. The Morgan fingerprint density at radius 2 is 1.52 bits per heavy atom. The summed E-state index contributed by atoms with van der Waals surface area (Å²) in [5.74, 6) is -0.186. The lowest BCUT2D eigenvalue weighted by molar-refractivity contribution is -0.140. The van der Waals surface area contributed by atoms with Gasteiger partial charge >= 0.3 is 0 Å². The van der Waals surface area contributed by atoms with E-state index in [1.807, 2.05) is 58.0 Å². The number of amides is 2. The van der Waals surface area contributed by atoms with Crippen molar-refractivity contribution >= 4 is 27.5 Å². The third kappa shape index (κ3) is 8.25. The first-order valence-electron chi connectivity index (χ1n) is 13.9. The Morgan fingerprint density at radius 3 is 2.07 bits per heavy atom. The van der Waals surface area contributed by atoms with Crippen molar-refractivity contribution < 1.29 is 27.5 Å². The van der Waals surface area contributed by atoms with E-state index < -0.39 is 34.1 Å². The maximum Gasteiger partial charge on any atom is 0.264 e. The molecular formula is C32H41N3O6S. The lowest BCUT2D eigenvalue weighted by Gasteiger charge is -2.35. The van der Waals surface area contributed by atoms with Gasteiger partial charge in [-0.2, -0.15) is 0 Å². The van der Waals surface area contributed by atoms with Crippen LogP contribution in [-0.4, -0.2) is 64.0 Å². The fourth-order valence-corrected chi connectivity index (χ4v) is 6.01. The summed E-state index contributed by atoms with van der Waals surface area (Å²) in [5, 5.41) is 2.98. The van der Waals surface area contributed by atoms with E-state index in [0.717, 1.165) is 9.87 Å². The van der Waals surface area contributed by atoms with Crippen LogP contribution in [0.2, 0.25) is 0 Å². The van der Waals surface area contributed by atoms with Crippen molar-refractivity contribution in [1.29, 1.82) is 0 Å². The molecule has 0 bridgehead atoms. The second-order valence-electron chi connectivity index (χ2n) is 10.8. The van der Waals surface area contributed by atoms with Gasteiger partial charge in [-0.25, -0.2) is 8.42 Å². The van der Waals surface area contributed by atoms with Gasteiger partial charge in [0.25, 0.3) is 10.0 Å². The van der Waals surface area contributed by atoms with E-state index >= 15 is 0 Å². The summed E-state index contributed by atoms with van der Waals surface area (Å²) in [7, 11) is -1.34. The molecule has 0 spiro atoms. The Balaban J connectivity index is 2.10. The number of ether oxygens (including phenoxy) is 2. The minimum Gasteiger partial charge on any atom is -0.497 e. The van der Waals surface area contributed by atoms with Gasteiger partial charge in [0, 0.05) is 18.2 Å². The van der Waals surface area contributed by atoms with Gasteiger partial charge in [0.2, 0.25) is 11.8 Å². The number of carbonyl (C=O) groups is 2. The van der Waals surface area contributed by atoms with E-state index in [4.69, 9.17) is 9.47 Å². The predicted molar refractivity (Wildman–Crippen MR) is 164 cm³/mol. The lowest BCUT2D eigenvalue weighted by Crippen LogP contribution is -2.56. The summed E-state index contributed by atoms with van der Waals surface area (Å²) in [5.41, 5.74) is 0.615. The fraction of sp³-hybridized carbons (Fsp3) is 0.375. The normalized spacial score (nSPS) is 12.2. The van der Waals surface area contributed by atoms with Crippen LogP contribution in [0.3, 0.4) is 0 Å². The third-order valence-electron chi connectivity index (χ3n) is 6.63. The standard InChI is InChI=1S/C32H41N3O6S/c1-7-27(31(37)33-32(2,3)4)34(21-20-24-14-10-8-11-15-24)30(36)23-35(42(38,39)26-16-12-9-13-17-26)28-22-25(40-5)18-19-29(28)41-6/h8-19,22,27H,7,20-21,23H2,1-6H3,(H,33,37)/t27-/m1/s1. The van der Waals surface area contributed by atoms with E-state index in [1.54, 1.807) is 30.3 Å². The third-order valence-corrected chi connectivity index (χ3v) is 8.41. The number of sulfonamides is 1. The molecule has 10 heteroatoms. The van der Waals surface area contributed by atoms with Crippen molar-refractivity contribution in [2.24, 2.45) is 0 Å². The molecule has 0 aliphatic carbocycles. The Bertz CT molecular complexity index is 1440. The number of carbonyl (C=O) groups excluding carboxylic acids is 2. The molecule has 0 aromatic heterocycles. The number of hydrogen-bond donors (Lipinski definition) is 1. The van der Waals surface area contributed by atoms with Gasteiger partial charge in [-0.1, -0.05) is 55.5 Å². The zero-order chi connectivity index (χ0) is 30.9. The van der Waals surface area contributed by atoms with E-state index in [-0.39, 0.29) is 28.8 Å². The summed E-state index contributed by atoms with van der Waals surface area (Å²) >= 11 is 0. The Kier molecular flexibility index (Phi) is 11.0. The molecule has 0 saturated carbocycles. The smallest absolute Gasteiger partial charge is 0.264 e. The zero-order valence-electron chi connectivity index (χ0n) is 25.2. The molecule has 42 heavy (non-hydrogen) atoms. The largest absolute Gasteiger partial charge is 0.497 e. The Labute approximate surface area is 249 Å². The van der Waals surface area contributed by atoms with Crippen LogP contribution < -0.4 is 19.1 Å². The topological polar surface area (TPSA) is 105 Å². The molecule has 3 aromatic rings. The molecule has 0 aliphatic heterocycles. The first kappa shape index (κ1) is 32.5. The maximum atomic E-state index is 14.2. The van der Waals surface area contributed by atoms with Crippen LogP contribution in [0.4, 0.5) is 5.69 Å². The number of benzene rings is 3. The number of nitrogens with zero attached hydrogens (tertiary/aromatic N) is 2. The summed E-state index contributed by atoms with van der Waals surface area (Å²) in [6.07, 6.45) is 0.830. The van der Waals surface area contributed by atoms with E-state index in [1.165, 1.54) is 37.3 Å². The van der Waals surface area contributed by atoms with Crippen LogP contribution in [0.25, 0.3) is 0 Å². The molecule has 0 unspecified atom stereocenters. The number of anilines is 1. The number of nitrogens with one attached hydrogen (secondary N) is 1. The predicted octanol–water partition coefficient (Wildman–Crippen LogP) is 4.66. The molecule has 0 radical (unpaired) electrons. The Hall–Kier alpha value is -4.05. The fourth-order valence-electron chi connectivity index (χ4n) is 4.57. The van der Waals surface area contributed by atoms with E-state index in [2.05, 4.69) is 5.32 Å². The van der Waals surface area contributed by atoms with Gasteiger partial charge in [0.15, 0.2) is 0 Å². The van der Waals surface area contributed by atoms with Gasteiger partial charge in [0.1, 0.15) is 24.1 Å². The van der Waals surface area contributed by atoms with E-state index in [9.17, 15) is 18.0 Å². The van der Waals surface area contributed by atoms with Crippen LogP contribution in [0.1, 0.15) is 39.7 Å². The minimum atomic E-state index is -4.24. The maximum absolute atomic E-state index is 14.2. The molecule has 1 N–H and O–H groups in total.